The molecule has 4 aromatic rings. The van der Waals surface area contributed by atoms with E-state index in [1.54, 1.807) is 14.2 Å². The average molecular weight is 1100 g/mol. The lowest BCUT2D eigenvalue weighted by Gasteiger charge is -2.40. The zero-order valence-corrected chi connectivity index (χ0v) is 50.1. The first-order valence-corrected chi connectivity index (χ1v) is 30.4. The summed E-state index contributed by atoms with van der Waals surface area (Å²) in [7, 11) is 3.33. The SMILES string of the molecule is CCCCC/C=C\CC1C(CC)C=CC(CCCCCCCC(=O)OCC(O)COc2ccc(C(C)(C)c3ccc(OC)cc3)cc2)C1CCCCCCCC(=O)OCC(O)COc1ccc(C(C)(C)c2ccc(OC)cc2)cc1. The van der Waals surface area contributed by atoms with E-state index >= 15 is 0 Å². The number of benzene rings is 4. The third-order valence-electron chi connectivity index (χ3n) is 16.6. The molecule has 0 bridgehead atoms. The van der Waals surface area contributed by atoms with Gasteiger partial charge in [-0.15, -0.1) is 0 Å². The van der Waals surface area contributed by atoms with E-state index in [2.05, 4.69) is 90.1 Å². The average Bonchev–Trinajstić information content (AvgIpc) is 3.55. The zero-order valence-electron chi connectivity index (χ0n) is 50.1. The van der Waals surface area contributed by atoms with Crippen LogP contribution in [0.2, 0.25) is 0 Å². The number of rotatable bonds is 39. The first-order chi connectivity index (χ1) is 38.7. The summed E-state index contributed by atoms with van der Waals surface area (Å²) >= 11 is 0. The summed E-state index contributed by atoms with van der Waals surface area (Å²) in [6.45, 7) is 13.2. The summed E-state index contributed by atoms with van der Waals surface area (Å²) in [5.74, 6) is 4.91. The molecule has 1 aliphatic carbocycles. The van der Waals surface area contributed by atoms with Gasteiger partial charge in [0.05, 0.1) is 14.2 Å². The Morgan fingerprint density at radius 2 is 0.875 bits per heavy atom. The highest BCUT2D eigenvalue weighted by atomic mass is 16.6. The molecule has 0 heterocycles. The van der Waals surface area contributed by atoms with E-state index in [-0.39, 0.29) is 49.2 Å². The van der Waals surface area contributed by atoms with Crippen LogP contribution in [0.15, 0.2) is 121 Å². The molecule has 0 saturated heterocycles. The van der Waals surface area contributed by atoms with Crippen molar-refractivity contribution >= 4 is 11.9 Å². The van der Waals surface area contributed by atoms with Gasteiger partial charge in [-0.2, -0.15) is 0 Å². The van der Waals surface area contributed by atoms with Crippen molar-refractivity contribution in [1.82, 2.24) is 0 Å². The number of allylic oxidation sites excluding steroid dienone is 4. The van der Waals surface area contributed by atoms with Gasteiger partial charge in [0.15, 0.2) is 0 Å². The van der Waals surface area contributed by atoms with Gasteiger partial charge in [-0.25, -0.2) is 0 Å². The minimum Gasteiger partial charge on any atom is -0.497 e. The smallest absolute Gasteiger partial charge is 0.305 e. The van der Waals surface area contributed by atoms with Gasteiger partial charge in [0.2, 0.25) is 0 Å². The summed E-state index contributed by atoms with van der Waals surface area (Å²) in [6, 6.07) is 32.1. The molecule has 2 N–H and O–H groups in total. The summed E-state index contributed by atoms with van der Waals surface area (Å²) < 4.78 is 33.2. The number of carbonyl (C=O) groups excluding carboxylic acids is 2. The Hall–Kier alpha value is -5.58. The topological polar surface area (TPSA) is 130 Å². The third kappa shape index (κ3) is 22.1. The van der Waals surface area contributed by atoms with Crippen LogP contribution in [0.3, 0.4) is 0 Å². The van der Waals surface area contributed by atoms with Crippen molar-refractivity contribution in [2.24, 2.45) is 23.7 Å². The number of carbonyl (C=O) groups is 2. The fraction of sp³-hybridized carbons (Fsp3) is 0.571. The Bertz CT molecular complexity index is 2390. The molecule has 5 rings (SSSR count). The van der Waals surface area contributed by atoms with E-state index in [9.17, 15) is 19.8 Å². The van der Waals surface area contributed by atoms with Gasteiger partial charge in [-0.3, -0.25) is 9.59 Å². The Labute approximate surface area is 482 Å². The lowest BCUT2D eigenvalue weighted by Crippen LogP contribution is -2.31. The predicted octanol–water partition coefficient (Wildman–Crippen LogP) is 16.1. The number of ether oxygens (including phenoxy) is 6. The largest absolute Gasteiger partial charge is 0.497 e. The summed E-state index contributed by atoms with van der Waals surface area (Å²) in [6.07, 6.45) is 29.0. The lowest BCUT2D eigenvalue weighted by molar-refractivity contribution is -0.148. The van der Waals surface area contributed by atoms with Crippen molar-refractivity contribution < 1.29 is 48.2 Å². The van der Waals surface area contributed by atoms with Gasteiger partial charge < -0.3 is 38.6 Å². The quantitative estimate of drug-likeness (QED) is 0.0253. The van der Waals surface area contributed by atoms with Crippen LogP contribution in [-0.2, 0) is 29.9 Å². The van der Waals surface area contributed by atoms with Gasteiger partial charge in [0.1, 0.15) is 61.6 Å². The van der Waals surface area contributed by atoms with Crippen LogP contribution < -0.4 is 18.9 Å². The minimum atomic E-state index is -0.911. The molecule has 10 nitrogen and oxygen atoms in total. The molecular weight excluding hydrogens is 1000 g/mol. The maximum absolute atomic E-state index is 12.6. The number of hydrogen-bond acceptors (Lipinski definition) is 10. The van der Waals surface area contributed by atoms with Crippen molar-refractivity contribution in [3.05, 3.63) is 144 Å². The van der Waals surface area contributed by atoms with E-state index in [4.69, 9.17) is 28.4 Å². The molecule has 6 unspecified atom stereocenters. The van der Waals surface area contributed by atoms with E-state index in [0.29, 0.717) is 48.0 Å². The second kappa shape index (κ2) is 35.3. The van der Waals surface area contributed by atoms with Gasteiger partial charge in [-0.05, 0) is 146 Å². The molecule has 1 aliphatic rings. The standard InChI is InChI=1S/C70H100O10/c1-9-11-12-13-17-22-27-65-53(10-2)31-32-54(26-21-16-14-19-24-29-67(73)79-51-59(71)49-77-63-45-37-57(38-46-63)69(3,4)55-33-41-61(75-7)42-34-55)66(65)28-23-18-15-20-25-30-68(74)80-52-60(72)50-78-64-47-39-58(40-48-64)70(5,6)56-35-43-62(76-8)44-36-56/h17,22,31-48,53-54,59-60,65-66,71-72H,9-16,18-21,23-30,49-52H2,1-8H3/b22-17-. The highest BCUT2D eigenvalue weighted by Crippen LogP contribution is 2.43. The molecule has 10 heteroatoms. The van der Waals surface area contributed by atoms with E-state index in [1.165, 1.54) is 68.9 Å². The predicted molar refractivity (Wildman–Crippen MR) is 324 cm³/mol. The molecule has 440 valence electrons. The number of hydrogen-bond donors (Lipinski definition) is 2. The normalized spacial score (nSPS) is 17.2. The number of aliphatic hydroxyl groups excluding tert-OH is 2. The molecule has 80 heavy (non-hydrogen) atoms. The number of esters is 2. The van der Waals surface area contributed by atoms with Crippen molar-refractivity contribution in [2.75, 3.05) is 40.6 Å². The van der Waals surface area contributed by atoms with E-state index in [1.807, 2.05) is 72.8 Å². The molecule has 0 spiro atoms. The van der Waals surface area contributed by atoms with Crippen molar-refractivity contribution in [2.45, 2.75) is 193 Å². The van der Waals surface area contributed by atoms with Crippen LogP contribution in [0.4, 0.5) is 0 Å². The lowest BCUT2D eigenvalue weighted by atomic mass is 9.65. The molecule has 6 atom stereocenters. The van der Waals surface area contributed by atoms with Crippen LogP contribution in [-0.4, -0.2) is 75.0 Å². The van der Waals surface area contributed by atoms with Crippen LogP contribution in [0.5, 0.6) is 23.0 Å². The maximum Gasteiger partial charge on any atom is 0.305 e. The van der Waals surface area contributed by atoms with Crippen LogP contribution in [0.1, 0.15) is 192 Å². The second-order valence-electron chi connectivity index (χ2n) is 23.3. The fourth-order valence-electron chi connectivity index (χ4n) is 11.3. The van der Waals surface area contributed by atoms with E-state index < -0.39 is 12.2 Å². The molecule has 0 saturated carbocycles. The molecule has 0 amide bonds. The van der Waals surface area contributed by atoms with Gasteiger partial charge >= 0.3 is 11.9 Å². The van der Waals surface area contributed by atoms with Crippen molar-refractivity contribution in [3.8, 4) is 23.0 Å². The van der Waals surface area contributed by atoms with Crippen LogP contribution >= 0.6 is 0 Å². The molecule has 0 aliphatic heterocycles. The molecule has 0 aromatic heterocycles. The van der Waals surface area contributed by atoms with Crippen molar-refractivity contribution in [1.29, 1.82) is 0 Å². The first kappa shape index (κ1) is 65.2. The minimum absolute atomic E-state index is 0.0398. The summed E-state index contributed by atoms with van der Waals surface area (Å²) in [4.78, 5) is 25.2. The maximum atomic E-state index is 12.6. The Morgan fingerprint density at radius 3 is 1.30 bits per heavy atom. The number of unbranched alkanes of at least 4 members (excludes halogenated alkanes) is 11. The molecule has 0 radical (unpaired) electrons. The van der Waals surface area contributed by atoms with Gasteiger partial charge in [-0.1, -0.05) is 179 Å². The Morgan fingerprint density at radius 1 is 0.475 bits per heavy atom. The second-order valence-corrected chi connectivity index (χ2v) is 23.3. The Kier molecular flexibility index (Phi) is 28.8. The number of methoxy groups -OCH3 is 2. The summed E-state index contributed by atoms with van der Waals surface area (Å²) in [5.41, 5.74) is 4.22. The highest BCUT2D eigenvalue weighted by molar-refractivity contribution is 5.69. The molecule has 0 fully saturated rings. The molecular formula is C70H100O10. The van der Waals surface area contributed by atoms with Crippen LogP contribution in [0, 0.1) is 23.7 Å². The highest BCUT2D eigenvalue weighted by Gasteiger charge is 2.34. The van der Waals surface area contributed by atoms with Crippen LogP contribution in [0.25, 0.3) is 0 Å². The Balaban J connectivity index is 0.946. The summed E-state index contributed by atoms with van der Waals surface area (Å²) in [5, 5.41) is 21.1. The first-order valence-electron chi connectivity index (χ1n) is 30.4. The monoisotopic (exact) mass is 1100 g/mol. The van der Waals surface area contributed by atoms with E-state index in [0.717, 1.165) is 80.4 Å². The van der Waals surface area contributed by atoms with Crippen molar-refractivity contribution in [3.63, 3.8) is 0 Å². The fourth-order valence-corrected chi connectivity index (χ4v) is 11.3. The number of aliphatic hydroxyl groups is 2. The zero-order chi connectivity index (χ0) is 57.6. The third-order valence-corrected chi connectivity index (χ3v) is 16.6. The van der Waals surface area contributed by atoms with Gasteiger partial charge in [0.25, 0.3) is 0 Å². The molecule has 4 aromatic carbocycles. The van der Waals surface area contributed by atoms with Gasteiger partial charge in [0, 0.05) is 23.7 Å².